The van der Waals surface area contributed by atoms with Crippen LogP contribution in [0.5, 0.6) is 11.5 Å². The minimum Gasteiger partial charge on any atom is -0.457 e. The van der Waals surface area contributed by atoms with Crippen molar-refractivity contribution in [3.8, 4) is 11.5 Å². The maximum absolute atomic E-state index is 12.7. The van der Waals surface area contributed by atoms with Crippen LogP contribution in [-0.4, -0.2) is 6.79 Å². The van der Waals surface area contributed by atoms with E-state index in [2.05, 4.69) is 0 Å². The van der Waals surface area contributed by atoms with Crippen LogP contribution < -0.4 is 20.9 Å². The van der Waals surface area contributed by atoms with Gasteiger partial charge in [0, 0.05) is 23.5 Å². The van der Waals surface area contributed by atoms with Gasteiger partial charge in [0.2, 0.25) is 6.79 Å². The topological polar surface area (TPSA) is 70.5 Å². The lowest BCUT2D eigenvalue weighted by Crippen LogP contribution is -2.10. The van der Waals surface area contributed by atoms with Crippen molar-refractivity contribution in [2.45, 2.75) is 12.4 Å². The predicted molar refractivity (Wildman–Crippen MR) is 77.8 cm³/mol. The summed E-state index contributed by atoms with van der Waals surface area (Å²) >= 11 is 0. The second kappa shape index (κ2) is 6.61. The summed E-state index contributed by atoms with van der Waals surface area (Å²) < 4.78 is 86.0. The standard InChI is InChI=1S/C15H12F6N2O2/c16-14(17,18)8-1-10(22)5-12(3-8)24-7-25-13-4-9(15(19,20)21)2-11(23)6-13/h1-6H,7,22-23H2. The van der Waals surface area contributed by atoms with Gasteiger partial charge in [-0.1, -0.05) is 0 Å². The molecular weight excluding hydrogens is 354 g/mol. The fraction of sp³-hybridized carbons (Fsp3) is 0.200. The van der Waals surface area contributed by atoms with Crippen LogP contribution in [0.1, 0.15) is 11.1 Å². The van der Waals surface area contributed by atoms with Crippen LogP contribution in [0, 0.1) is 0 Å². The lowest BCUT2D eigenvalue weighted by atomic mass is 10.2. The smallest absolute Gasteiger partial charge is 0.416 e. The number of nitrogen functional groups attached to an aromatic ring is 2. The highest BCUT2D eigenvalue weighted by atomic mass is 19.4. The molecule has 25 heavy (non-hydrogen) atoms. The number of hydrogen-bond acceptors (Lipinski definition) is 4. The van der Waals surface area contributed by atoms with E-state index in [-0.39, 0.29) is 22.9 Å². The Kier molecular flexibility index (Phi) is 4.91. The van der Waals surface area contributed by atoms with E-state index < -0.39 is 30.3 Å². The molecule has 0 aromatic heterocycles. The Hall–Kier alpha value is -2.78. The normalized spacial score (nSPS) is 12.1. The van der Waals surface area contributed by atoms with Gasteiger partial charge in [-0.2, -0.15) is 26.3 Å². The van der Waals surface area contributed by atoms with Gasteiger partial charge >= 0.3 is 12.4 Å². The molecule has 0 heterocycles. The third kappa shape index (κ3) is 5.10. The fourth-order valence-electron chi connectivity index (χ4n) is 1.90. The van der Waals surface area contributed by atoms with Gasteiger partial charge in [-0.25, -0.2) is 0 Å². The van der Waals surface area contributed by atoms with Crippen LogP contribution in [0.3, 0.4) is 0 Å². The third-order valence-corrected chi connectivity index (χ3v) is 2.96. The second-order valence-electron chi connectivity index (χ2n) is 4.98. The zero-order chi connectivity index (χ0) is 18.8. The SMILES string of the molecule is Nc1cc(OCOc2cc(N)cc(C(F)(F)F)c2)cc(C(F)(F)F)c1. The first kappa shape index (κ1) is 18.6. The summed E-state index contributed by atoms with van der Waals surface area (Å²) in [6.45, 7) is -0.637. The van der Waals surface area contributed by atoms with E-state index in [4.69, 9.17) is 20.9 Å². The Morgan fingerprint density at radius 2 is 1.00 bits per heavy atom. The quantitative estimate of drug-likeness (QED) is 0.481. The first-order valence-corrected chi connectivity index (χ1v) is 6.66. The lowest BCUT2D eigenvalue weighted by molar-refractivity contribution is -0.138. The molecule has 0 atom stereocenters. The molecule has 4 nitrogen and oxygen atoms in total. The molecule has 0 bridgehead atoms. The summed E-state index contributed by atoms with van der Waals surface area (Å²) in [6, 6.07) is 5.08. The summed E-state index contributed by atoms with van der Waals surface area (Å²) in [5.74, 6) is -0.487. The molecule has 2 rings (SSSR count). The molecule has 0 aliphatic rings. The lowest BCUT2D eigenvalue weighted by Gasteiger charge is -2.14. The number of benzene rings is 2. The first-order valence-electron chi connectivity index (χ1n) is 6.66. The maximum Gasteiger partial charge on any atom is 0.416 e. The Morgan fingerprint density at radius 1 is 0.640 bits per heavy atom. The molecule has 2 aromatic rings. The highest BCUT2D eigenvalue weighted by Gasteiger charge is 2.32. The van der Waals surface area contributed by atoms with Gasteiger partial charge in [-0.15, -0.1) is 0 Å². The van der Waals surface area contributed by atoms with Crippen molar-refractivity contribution in [3.63, 3.8) is 0 Å². The molecule has 0 aliphatic carbocycles. The molecular formula is C15H12F6N2O2. The number of rotatable bonds is 4. The number of anilines is 2. The van der Waals surface area contributed by atoms with Gasteiger partial charge in [-0.3, -0.25) is 0 Å². The molecule has 2 aromatic carbocycles. The summed E-state index contributed by atoms with van der Waals surface area (Å²) in [7, 11) is 0. The molecule has 136 valence electrons. The van der Waals surface area contributed by atoms with Gasteiger partial charge in [0.05, 0.1) is 11.1 Å². The van der Waals surface area contributed by atoms with E-state index in [0.29, 0.717) is 12.1 Å². The number of halogens is 6. The molecule has 0 aliphatic heterocycles. The zero-order valence-corrected chi connectivity index (χ0v) is 12.4. The number of hydrogen-bond donors (Lipinski definition) is 2. The Labute approximate surface area is 137 Å². The number of nitrogens with two attached hydrogens (primary N) is 2. The van der Waals surface area contributed by atoms with E-state index in [1.54, 1.807) is 0 Å². The van der Waals surface area contributed by atoms with Crippen LogP contribution in [0.2, 0.25) is 0 Å². The van der Waals surface area contributed by atoms with E-state index in [1.165, 1.54) is 0 Å². The van der Waals surface area contributed by atoms with Crippen LogP contribution in [-0.2, 0) is 12.4 Å². The van der Waals surface area contributed by atoms with E-state index in [1.807, 2.05) is 0 Å². The summed E-state index contributed by atoms with van der Waals surface area (Å²) in [5.41, 5.74) is 8.31. The van der Waals surface area contributed by atoms with Gasteiger partial charge in [0.15, 0.2) is 0 Å². The minimum absolute atomic E-state index is 0.187. The molecule has 0 unspecified atom stereocenters. The minimum atomic E-state index is -4.62. The average Bonchev–Trinajstić information content (AvgIpc) is 2.44. The predicted octanol–water partition coefficient (Wildman–Crippen LogP) is 4.30. The van der Waals surface area contributed by atoms with Crippen LogP contribution >= 0.6 is 0 Å². The molecule has 0 amide bonds. The Morgan fingerprint density at radius 3 is 1.32 bits per heavy atom. The van der Waals surface area contributed by atoms with Gasteiger partial charge in [-0.05, 0) is 24.3 Å². The van der Waals surface area contributed by atoms with Gasteiger partial charge < -0.3 is 20.9 Å². The van der Waals surface area contributed by atoms with E-state index in [9.17, 15) is 26.3 Å². The highest BCUT2D eigenvalue weighted by Crippen LogP contribution is 2.34. The van der Waals surface area contributed by atoms with Crippen LogP contribution in [0.25, 0.3) is 0 Å². The van der Waals surface area contributed by atoms with Gasteiger partial charge in [0.1, 0.15) is 11.5 Å². The average molecular weight is 366 g/mol. The monoisotopic (exact) mass is 366 g/mol. The van der Waals surface area contributed by atoms with Crippen molar-refractivity contribution in [1.82, 2.24) is 0 Å². The maximum atomic E-state index is 12.7. The summed E-state index contributed by atoms with van der Waals surface area (Å²) in [5, 5.41) is 0. The number of ether oxygens (including phenoxy) is 2. The molecule has 0 radical (unpaired) electrons. The van der Waals surface area contributed by atoms with Crippen LogP contribution in [0.4, 0.5) is 37.7 Å². The zero-order valence-electron chi connectivity index (χ0n) is 12.4. The van der Waals surface area contributed by atoms with Crippen molar-refractivity contribution in [2.24, 2.45) is 0 Å². The molecule has 0 fully saturated rings. The van der Waals surface area contributed by atoms with E-state index in [0.717, 1.165) is 24.3 Å². The van der Waals surface area contributed by atoms with E-state index >= 15 is 0 Å². The highest BCUT2D eigenvalue weighted by molar-refractivity contribution is 5.49. The Balaban J connectivity index is 2.09. The molecule has 0 saturated heterocycles. The molecule has 10 heteroatoms. The van der Waals surface area contributed by atoms with Crippen molar-refractivity contribution in [1.29, 1.82) is 0 Å². The van der Waals surface area contributed by atoms with Gasteiger partial charge in [0.25, 0.3) is 0 Å². The van der Waals surface area contributed by atoms with Crippen molar-refractivity contribution >= 4 is 11.4 Å². The largest absolute Gasteiger partial charge is 0.457 e. The Bertz CT molecular complexity index is 695. The second-order valence-corrected chi connectivity index (χ2v) is 4.98. The van der Waals surface area contributed by atoms with Crippen molar-refractivity contribution in [2.75, 3.05) is 18.3 Å². The third-order valence-electron chi connectivity index (χ3n) is 2.96. The van der Waals surface area contributed by atoms with Crippen molar-refractivity contribution < 1.29 is 35.8 Å². The van der Waals surface area contributed by atoms with Crippen molar-refractivity contribution in [3.05, 3.63) is 47.5 Å². The summed E-state index contributed by atoms with van der Waals surface area (Å²) in [6.07, 6.45) is -9.24. The van der Waals surface area contributed by atoms with Crippen LogP contribution in [0.15, 0.2) is 36.4 Å². The summed E-state index contributed by atoms with van der Waals surface area (Å²) in [4.78, 5) is 0. The molecule has 0 saturated carbocycles. The fourth-order valence-corrected chi connectivity index (χ4v) is 1.90. The molecule has 4 N–H and O–H groups in total. The molecule has 0 spiro atoms. The number of alkyl halides is 6. The first-order chi connectivity index (χ1) is 11.4.